The standard InChI is InChI=1S/C20H26N2O2/c1-4-15(2)18-7-5-6-8-19(18)22-20(23)21-14-13-16-9-11-17(24-3)12-10-16/h5-12,15H,4,13-14H2,1-3H3,(H2,21,22,23). The third-order valence-electron chi connectivity index (χ3n) is 4.21. The average Bonchev–Trinajstić information content (AvgIpc) is 2.62. The highest BCUT2D eigenvalue weighted by atomic mass is 16.5. The Morgan fingerprint density at radius 2 is 1.83 bits per heavy atom. The van der Waals surface area contributed by atoms with E-state index in [2.05, 4.69) is 30.5 Å². The quantitative estimate of drug-likeness (QED) is 0.783. The first-order chi connectivity index (χ1) is 11.6. The van der Waals surface area contributed by atoms with E-state index in [1.807, 2.05) is 42.5 Å². The van der Waals surface area contributed by atoms with Crippen LogP contribution in [0.4, 0.5) is 10.5 Å². The van der Waals surface area contributed by atoms with Crippen molar-refractivity contribution in [1.29, 1.82) is 0 Å². The molecule has 0 aliphatic rings. The van der Waals surface area contributed by atoms with E-state index >= 15 is 0 Å². The summed E-state index contributed by atoms with van der Waals surface area (Å²) >= 11 is 0. The van der Waals surface area contributed by atoms with Gasteiger partial charge in [-0.1, -0.05) is 44.2 Å². The minimum atomic E-state index is -0.167. The van der Waals surface area contributed by atoms with Gasteiger partial charge in [0.15, 0.2) is 0 Å². The Balaban J connectivity index is 1.85. The molecule has 2 rings (SSSR count). The number of ether oxygens (including phenoxy) is 1. The van der Waals surface area contributed by atoms with E-state index in [4.69, 9.17) is 4.74 Å². The minimum absolute atomic E-state index is 0.167. The summed E-state index contributed by atoms with van der Waals surface area (Å²) < 4.78 is 5.14. The molecular formula is C20H26N2O2. The first-order valence-corrected chi connectivity index (χ1v) is 8.40. The summed E-state index contributed by atoms with van der Waals surface area (Å²) in [6.45, 7) is 4.90. The maximum absolute atomic E-state index is 12.1. The second kappa shape index (κ2) is 8.96. The van der Waals surface area contributed by atoms with Crippen LogP contribution in [0.25, 0.3) is 0 Å². The Hall–Kier alpha value is -2.49. The van der Waals surface area contributed by atoms with E-state index in [1.54, 1.807) is 7.11 Å². The van der Waals surface area contributed by atoms with Gasteiger partial charge in [0.05, 0.1) is 7.11 Å². The van der Waals surface area contributed by atoms with Gasteiger partial charge in [0.1, 0.15) is 5.75 Å². The zero-order valence-electron chi connectivity index (χ0n) is 14.6. The number of para-hydroxylation sites is 1. The SMILES string of the molecule is CCC(C)c1ccccc1NC(=O)NCCc1ccc(OC)cc1. The van der Waals surface area contributed by atoms with Crippen LogP contribution in [0.1, 0.15) is 37.3 Å². The molecule has 1 atom stereocenters. The molecule has 0 radical (unpaired) electrons. The third kappa shape index (κ3) is 5.01. The van der Waals surface area contributed by atoms with Crippen molar-refractivity contribution in [3.05, 3.63) is 59.7 Å². The highest BCUT2D eigenvalue weighted by molar-refractivity contribution is 5.90. The van der Waals surface area contributed by atoms with Crippen molar-refractivity contribution >= 4 is 11.7 Å². The molecule has 0 spiro atoms. The fraction of sp³-hybridized carbons (Fsp3) is 0.350. The van der Waals surface area contributed by atoms with Gasteiger partial charge < -0.3 is 15.4 Å². The second-order valence-corrected chi connectivity index (χ2v) is 5.88. The largest absolute Gasteiger partial charge is 0.497 e. The van der Waals surface area contributed by atoms with Crippen LogP contribution in [-0.2, 0) is 6.42 Å². The van der Waals surface area contributed by atoms with Crippen molar-refractivity contribution in [2.24, 2.45) is 0 Å². The molecule has 1 unspecified atom stereocenters. The summed E-state index contributed by atoms with van der Waals surface area (Å²) in [5, 5.41) is 5.87. The summed E-state index contributed by atoms with van der Waals surface area (Å²) in [5.41, 5.74) is 3.22. The van der Waals surface area contributed by atoms with E-state index in [0.717, 1.165) is 29.8 Å². The number of rotatable bonds is 7. The Kier molecular flexibility index (Phi) is 6.67. The van der Waals surface area contributed by atoms with E-state index in [9.17, 15) is 4.79 Å². The van der Waals surface area contributed by atoms with Gasteiger partial charge in [0.2, 0.25) is 0 Å². The second-order valence-electron chi connectivity index (χ2n) is 5.88. The monoisotopic (exact) mass is 326 g/mol. The van der Waals surface area contributed by atoms with E-state index in [1.165, 1.54) is 5.56 Å². The van der Waals surface area contributed by atoms with Crippen molar-refractivity contribution in [1.82, 2.24) is 5.32 Å². The van der Waals surface area contributed by atoms with Crippen molar-refractivity contribution in [3.8, 4) is 5.75 Å². The third-order valence-corrected chi connectivity index (χ3v) is 4.21. The van der Waals surface area contributed by atoms with Crippen LogP contribution >= 0.6 is 0 Å². The Labute approximate surface area is 144 Å². The maximum atomic E-state index is 12.1. The number of hydrogen-bond acceptors (Lipinski definition) is 2. The van der Waals surface area contributed by atoms with Crippen molar-refractivity contribution in [2.75, 3.05) is 19.0 Å². The highest BCUT2D eigenvalue weighted by Crippen LogP contribution is 2.26. The van der Waals surface area contributed by atoms with Crippen molar-refractivity contribution in [3.63, 3.8) is 0 Å². The van der Waals surface area contributed by atoms with E-state index < -0.39 is 0 Å². The zero-order valence-corrected chi connectivity index (χ0v) is 14.6. The first kappa shape index (κ1) is 17.9. The number of benzene rings is 2. The van der Waals surface area contributed by atoms with Gasteiger partial charge in [-0.05, 0) is 48.1 Å². The summed E-state index contributed by atoms with van der Waals surface area (Å²) in [5.74, 6) is 1.26. The van der Waals surface area contributed by atoms with Crippen LogP contribution < -0.4 is 15.4 Å². The van der Waals surface area contributed by atoms with Crippen LogP contribution in [0.5, 0.6) is 5.75 Å². The summed E-state index contributed by atoms with van der Waals surface area (Å²) in [6.07, 6.45) is 1.82. The van der Waals surface area contributed by atoms with Crippen LogP contribution in [0.15, 0.2) is 48.5 Å². The number of urea groups is 1. The van der Waals surface area contributed by atoms with Gasteiger partial charge in [-0.3, -0.25) is 0 Å². The molecule has 0 aliphatic heterocycles. The lowest BCUT2D eigenvalue weighted by Gasteiger charge is -2.16. The molecule has 0 saturated carbocycles. The molecule has 2 aromatic rings. The molecule has 4 nitrogen and oxygen atoms in total. The topological polar surface area (TPSA) is 50.4 Å². The van der Waals surface area contributed by atoms with Gasteiger partial charge >= 0.3 is 6.03 Å². The predicted molar refractivity (Wildman–Crippen MR) is 98.9 cm³/mol. The number of carbonyl (C=O) groups excluding carboxylic acids is 1. The summed E-state index contributed by atoms with van der Waals surface area (Å²) in [4.78, 5) is 12.1. The minimum Gasteiger partial charge on any atom is -0.497 e. The molecule has 2 N–H and O–H groups in total. The number of amides is 2. The van der Waals surface area contributed by atoms with Gasteiger partial charge in [-0.25, -0.2) is 4.79 Å². The molecule has 0 saturated heterocycles. The van der Waals surface area contributed by atoms with Crippen molar-refractivity contribution < 1.29 is 9.53 Å². The lowest BCUT2D eigenvalue weighted by molar-refractivity contribution is 0.252. The van der Waals surface area contributed by atoms with Crippen LogP contribution in [0.3, 0.4) is 0 Å². The van der Waals surface area contributed by atoms with E-state index in [-0.39, 0.29) is 6.03 Å². The Morgan fingerprint density at radius 3 is 2.50 bits per heavy atom. The van der Waals surface area contributed by atoms with Gasteiger partial charge in [-0.2, -0.15) is 0 Å². The molecule has 0 aliphatic carbocycles. The lowest BCUT2D eigenvalue weighted by Crippen LogP contribution is -2.30. The Bertz CT molecular complexity index is 653. The van der Waals surface area contributed by atoms with Gasteiger partial charge in [0.25, 0.3) is 0 Å². The van der Waals surface area contributed by atoms with Crippen molar-refractivity contribution in [2.45, 2.75) is 32.6 Å². The normalized spacial score (nSPS) is 11.6. The van der Waals surface area contributed by atoms with Crippen LogP contribution in [0, 0.1) is 0 Å². The fourth-order valence-corrected chi connectivity index (χ4v) is 2.54. The number of nitrogens with one attached hydrogen (secondary N) is 2. The molecule has 2 aromatic carbocycles. The van der Waals surface area contributed by atoms with Gasteiger partial charge in [0, 0.05) is 12.2 Å². The maximum Gasteiger partial charge on any atom is 0.319 e. The molecule has 0 fully saturated rings. The lowest BCUT2D eigenvalue weighted by atomic mass is 9.97. The van der Waals surface area contributed by atoms with Crippen LogP contribution in [-0.4, -0.2) is 19.7 Å². The molecule has 2 amide bonds. The molecule has 0 bridgehead atoms. The van der Waals surface area contributed by atoms with E-state index in [0.29, 0.717) is 12.5 Å². The molecule has 4 heteroatoms. The summed E-state index contributed by atoms with van der Waals surface area (Å²) in [7, 11) is 1.65. The molecule has 0 heterocycles. The molecule has 0 aromatic heterocycles. The van der Waals surface area contributed by atoms with Crippen LogP contribution in [0.2, 0.25) is 0 Å². The molecule has 128 valence electrons. The fourth-order valence-electron chi connectivity index (χ4n) is 2.54. The average molecular weight is 326 g/mol. The Morgan fingerprint density at radius 1 is 1.12 bits per heavy atom. The molecule has 24 heavy (non-hydrogen) atoms. The number of carbonyl (C=O) groups is 1. The van der Waals surface area contributed by atoms with Gasteiger partial charge in [-0.15, -0.1) is 0 Å². The number of hydrogen-bond donors (Lipinski definition) is 2. The zero-order chi connectivity index (χ0) is 17.4. The number of methoxy groups -OCH3 is 1. The summed E-state index contributed by atoms with van der Waals surface area (Å²) in [6, 6.07) is 15.7. The highest BCUT2D eigenvalue weighted by Gasteiger charge is 2.10. The number of anilines is 1. The smallest absolute Gasteiger partial charge is 0.319 e. The predicted octanol–water partition coefficient (Wildman–Crippen LogP) is 4.57. The first-order valence-electron chi connectivity index (χ1n) is 8.40. The molecular weight excluding hydrogens is 300 g/mol.